The monoisotopic (exact) mass is 424 g/mol. The summed E-state index contributed by atoms with van der Waals surface area (Å²) in [6.45, 7) is 2.25. The molecule has 0 spiro atoms. The van der Waals surface area contributed by atoms with Crippen molar-refractivity contribution in [1.29, 1.82) is 0 Å². The maximum atomic E-state index is 12.4. The summed E-state index contributed by atoms with van der Waals surface area (Å²) in [5, 5.41) is 13.7. The minimum Gasteiger partial charge on any atom is -0.330 e. The third-order valence-electron chi connectivity index (χ3n) is 4.84. The average Bonchev–Trinajstić information content (AvgIpc) is 3.06. The average molecular weight is 425 g/mol. The number of carbonyl (C=O) groups is 1. The Bertz CT molecular complexity index is 835. The summed E-state index contributed by atoms with van der Waals surface area (Å²) in [5.41, 5.74) is 7.28. The molecule has 2 aromatic carbocycles. The van der Waals surface area contributed by atoms with E-state index in [9.17, 15) is 14.9 Å². The molecule has 3 rings (SSSR count). The van der Waals surface area contributed by atoms with Crippen molar-refractivity contribution < 1.29 is 9.72 Å². The number of amides is 1. The molecule has 2 aromatic rings. The molecule has 1 aliphatic heterocycles. The van der Waals surface area contributed by atoms with Crippen LogP contribution in [0.5, 0.6) is 0 Å². The second kappa shape index (κ2) is 9.84. The van der Waals surface area contributed by atoms with Crippen molar-refractivity contribution in [2.45, 2.75) is 5.92 Å². The molecule has 1 aliphatic rings. The summed E-state index contributed by atoms with van der Waals surface area (Å²) < 4.78 is 0. The number of anilines is 1. The fourth-order valence-electron chi connectivity index (χ4n) is 3.54. The normalized spacial score (nSPS) is 19.1. The molecule has 1 amide bonds. The molecule has 1 heterocycles. The van der Waals surface area contributed by atoms with Gasteiger partial charge in [-0.3, -0.25) is 19.8 Å². The molecule has 0 aliphatic carbocycles. The van der Waals surface area contributed by atoms with E-state index >= 15 is 0 Å². The highest BCUT2D eigenvalue weighted by molar-refractivity contribution is 6.32. The fraction of sp³-hybridized carbons (Fsp3) is 0.316. The number of rotatable bonds is 6. The van der Waals surface area contributed by atoms with Gasteiger partial charge < -0.3 is 11.1 Å². The zero-order valence-corrected chi connectivity index (χ0v) is 16.7. The molecular weight excluding hydrogens is 403 g/mol. The van der Waals surface area contributed by atoms with Gasteiger partial charge in [0.15, 0.2) is 0 Å². The maximum Gasteiger partial charge on any atom is 0.289 e. The number of likely N-dealkylation sites (tertiary alicyclic amines) is 1. The highest BCUT2D eigenvalue weighted by atomic mass is 35.5. The molecule has 2 atom stereocenters. The van der Waals surface area contributed by atoms with E-state index in [0.29, 0.717) is 18.2 Å². The quantitative estimate of drug-likeness (QED) is 0.547. The third-order valence-corrected chi connectivity index (χ3v) is 5.16. The highest BCUT2D eigenvalue weighted by Gasteiger charge is 2.33. The van der Waals surface area contributed by atoms with E-state index in [1.54, 1.807) is 6.07 Å². The number of carbonyl (C=O) groups excluding carboxylic acids is 1. The van der Waals surface area contributed by atoms with Crippen LogP contribution in [0.3, 0.4) is 0 Å². The first-order chi connectivity index (χ1) is 13.0. The van der Waals surface area contributed by atoms with Gasteiger partial charge in [0, 0.05) is 30.8 Å². The van der Waals surface area contributed by atoms with Gasteiger partial charge in [-0.15, -0.1) is 12.4 Å². The maximum absolute atomic E-state index is 12.4. The van der Waals surface area contributed by atoms with Crippen LogP contribution in [0.25, 0.3) is 0 Å². The minimum absolute atomic E-state index is 0. The standard InChI is InChI=1S/C19H21ClN4O3.ClH/c20-17-7-6-15(8-18(17)24(26)27)22-19(25)12-23-10-14(9-21)16(11-23)13-4-2-1-3-5-13;/h1-8,14,16H,9-12,21H2,(H,22,25);1H/t14-,16+;/m1./s1. The van der Waals surface area contributed by atoms with Gasteiger partial charge in [-0.05, 0) is 30.2 Å². The van der Waals surface area contributed by atoms with Crippen molar-refractivity contribution >= 4 is 41.3 Å². The predicted molar refractivity (Wildman–Crippen MR) is 112 cm³/mol. The van der Waals surface area contributed by atoms with Gasteiger partial charge in [0.1, 0.15) is 5.02 Å². The molecule has 1 fully saturated rings. The lowest BCUT2D eigenvalue weighted by Crippen LogP contribution is -2.32. The number of nitrogens with two attached hydrogens (primary N) is 1. The molecule has 0 unspecified atom stereocenters. The summed E-state index contributed by atoms with van der Waals surface area (Å²) in [6.07, 6.45) is 0. The SMILES string of the molecule is Cl.NC[C@@H]1CN(CC(=O)Nc2ccc(Cl)c([N+](=O)[O-])c2)C[C@H]1c1ccccc1. The lowest BCUT2D eigenvalue weighted by atomic mass is 9.89. The first-order valence-electron chi connectivity index (χ1n) is 8.69. The van der Waals surface area contributed by atoms with Crippen LogP contribution in [0.15, 0.2) is 48.5 Å². The van der Waals surface area contributed by atoms with E-state index < -0.39 is 4.92 Å². The van der Waals surface area contributed by atoms with Crippen molar-refractivity contribution in [1.82, 2.24) is 4.90 Å². The molecule has 0 aromatic heterocycles. The van der Waals surface area contributed by atoms with Crippen LogP contribution in [0.2, 0.25) is 5.02 Å². The summed E-state index contributed by atoms with van der Waals surface area (Å²) in [6, 6.07) is 14.4. The molecule has 0 bridgehead atoms. The van der Waals surface area contributed by atoms with E-state index in [1.807, 2.05) is 18.2 Å². The molecule has 28 heavy (non-hydrogen) atoms. The Morgan fingerprint density at radius 1 is 1.25 bits per heavy atom. The summed E-state index contributed by atoms with van der Waals surface area (Å²) in [4.78, 5) is 24.8. The molecule has 3 N–H and O–H groups in total. The van der Waals surface area contributed by atoms with Gasteiger partial charge in [0.25, 0.3) is 5.69 Å². The Morgan fingerprint density at radius 2 is 1.96 bits per heavy atom. The summed E-state index contributed by atoms with van der Waals surface area (Å²) >= 11 is 5.80. The third kappa shape index (κ3) is 5.20. The zero-order valence-electron chi connectivity index (χ0n) is 15.1. The van der Waals surface area contributed by atoms with Crippen molar-refractivity contribution in [3.8, 4) is 0 Å². The molecule has 1 saturated heterocycles. The molecule has 0 saturated carbocycles. The van der Waals surface area contributed by atoms with Gasteiger partial charge in [-0.25, -0.2) is 0 Å². The second-order valence-corrected chi connectivity index (χ2v) is 7.09. The Kier molecular flexibility index (Phi) is 7.77. The van der Waals surface area contributed by atoms with Gasteiger partial charge in [-0.2, -0.15) is 0 Å². The zero-order chi connectivity index (χ0) is 19.4. The van der Waals surface area contributed by atoms with Gasteiger partial charge in [-0.1, -0.05) is 41.9 Å². The van der Waals surface area contributed by atoms with Crippen LogP contribution < -0.4 is 11.1 Å². The van der Waals surface area contributed by atoms with Crippen molar-refractivity contribution in [3.63, 3.8) is 0 Å². The molecule has 7 nitrogen and oxygen atoms in total. The first-order valence-corrected chi connectivity index (χ1v) is 9.07. The number of nitrogens with zero attached hydrogens (tertiary/aromatic N) is 2. The van der Waals surface area contributed by atoms with Gasteiger partial charge in [0.05, 0.1) is 11.5 Å². The van der Waals surface area contributed by atoms with Crippen LogP contribution >= 0.6 is 24.0 Å². The number of hydrogen-bond donors (Lipinski definition) is 2. The van der Waals surface area contributed by atoms with Crippen LogP contribution in [0.4, 0.5) is 11.4 Å². The van der Waals surface area contributed by atoms with Gasteiger partial charge in [0.2, 0.25) is 5.91 Å². The number of nitro benzene ring substituents is 1. The summed E-state index contributed by atoms with van der Waals surface area (Å²) in [5.74, 6) is 0.355. The number of halogens is 2. The van der Waals surface area contributed by atoms with Crippen LogP contribution in [0, 0.1) is 16.0 Å². The lowest BCUT2D eigenvalue weighted by molar-refractivity contribution is -0.384. The van der Waals surface area contributed by atoms with E-state index in [1.165, 1.54) is 17.7 Å². The van der Waals surface area contributed by atoms with Crippen molar-refractivity contribution in [2.75, 3.05) is 31.5 Å². The topological polar surface area (TPSA) is 102 Å². The molecular formula is C19H22Cl2N4O3. The number of nitro groups is 1. The van der Waals surface area contributed by atoms with E-state index in [-0.39, 0.29) is 41.5 Å². The number of nitrogens with one attached hydrogen (secondary N) is 1. The molecule has 150 valence electrons. The number of hydrogen-bond acceptors (Lipinski definition) is 5. The Balaban J connectivity index is 0.00000280. The Labute approximate surface area is 174 Å². The lowest BCUT2D eigenvalue weighted by Gasteiger charge is -2.16. The molecule has 9 heteroatoms. The van der Waals surface area contributed by atoms with Crippen molar-refractivity contribution in [3.05, 3.63) is 69.2 Å². The highest BCUT2D eigenvalue weighted by Crippen LogP contribution is 2.32. The smallest absolute Gasteiger partial charge is 0.289 e. The largest absolute Gasteiger partial charge is 0.330 e. The predicted octanol–water partition coefficient (Wildman–Crippen LogP) is 3.28. The first kappa shape index (κ1) is 22.1. The van der Waals surface area contributed by atoms with E-state index in [4.69, 9.17) is 17.3 Å². The second-order valence-electron chi connectivity index (χ2n) is 6.68. The minimum atomic E-state index is -0.575. The summed E-state index contributed by atoms with van der Waals surface area (Å²) in [7, 11) is 0. The van der Waals surface area contributed by atoms with Gasteiger partial charge >= 0.3 is 0 Å². The Morgan fingerprint density at radius 3 is 2.61 bits per heavy atom. The Hall–Kier alpha value is -2.19. The van der Waals surface area contributed by atoms with E-state index in [2.05, 4.69) is 22.3 Å². The van der Waals surface area contributed by atoms with E-state index in [0.717, 1.165) is 13.1 Å². The fourth-order valence-corrected chi connectivity index (χ4v) is 3.73. The van der Waals surface area contributed by atoms with Crippen LogP contribution in [-0.4, -0.2) is 41.9 Å². The molecule has 0 radical (unpaired) electrons. The van der Waals surface area contributed by atoms with Crippen LogP contribution in [-0.2, 0) is 4.79 Å². The van der Waals surface area contributed by atoms with Crippen molar-refractivity contribution in [2.24, 2.45) is 11.7 Å². The van der Waals surface area contributed by atoms with Crippen LogP contribution in [0.1, 0.15) is 11.5 Å². The number of benzene rings is 2.